The first-order valence-electron chi connectivity index (χ1n) is 15.4. The van der Waals surface area contributed by atoms with E-state index in [0.717, 1.165) is 47.2 Å². The number of hydrogen-bond donors (Lipinski definition) is 1. The molecule has 0 spiro atoms. The Labute approximate surface area is 285 Å². The van der Waals surface area contributed by atoms with Crippen LogP contribution in [0.3, 0.4) is 0 Å². The van der Waals surface area contributed by atoms with Crippen molar-refractivity contribution in [3.05, 3.63) is 130 Å². The number of sulfonamides is 1. The molecule has 0 saturated heterocycles. The average molecular weight is 697 g/mol. The fourth-order valence-corrected chi connectivity index (χ4v) is 7.50. The number of para-hydroxylation sites is 1. The maximum Gasteiger partial charge on any atom is 0.264 e. The molecule has 1 atom stereocenters. The Morgan fingerprint density at radius 1 is 0.872 bits per heavy atom. The van der Waals surface area contributed by atoms with E-state index in [9.17, 15) is 18.0 Å². The second kappa shape index (κ2) is 15.3. The van der Waals surface area contributed by atoms with E-state index in [1.807, 2.05) is 37.3 Å². The van der Waals surface area contributed by atoms with E-state index in [4.69, 9.17) is 23.2 Å². The van der Waals surface area contributed by atoms with Gasteiger partial charge in [-0.2, -0.15) is 0 Å². The molecule has 1 aliphatic carbocycles. The molecule has 0 radical (unpaired) electrons. The molecular weight excluding hydrogens is 660 g/mol. The number of carbonyl (C=O) groups is 2. The van der Waals surface area contributed by atoms with Crippen LogP contribution in [0.4, 0.5) is 10.1 Å². The summed E-state index contributed by atoms with van der Waals surface area (Å²) in [6, 6.07) is 24.6. The molecule has 0 heterocycles. The third-order valence-electron chi connectivity index (χ3n) is 8.32. The molecule has 1 unspecified atom stereocenters. The summed E-state index contributed by atoms with van der Waals surface area (Å²) in [6.07, 6.45) is 3.82. The van der Waals surface area contributed by atoms with Crippen molar-refractivity contribution in [1.82, 2.24) is 10.2 Å². The summed E-state index contributed by atoms with van der Waals surface area (Å²) in [6.45, 7) is 0.973. The summed E-state index contributed by atoms with van der Waals surface area (Å²) in [7, 11) is -4.42. The molecule has 11 heteroatoms. The quantitative estimate of drug-likeness (QED) is 0.168. The first-order chi connectivity index (χ1) is 22.5. The molecule has 1 fully saturated rings. The van der Waals surface area contributed by atoms with Gasteiger partial charge in [0.05, 0.1) is 20.6 Å². The van der Waals surface area contributed by atoms with Crippen LogP contribution >= 0.6 is 23.2 Å². The molecule has 246 valence electrons. The zero-order valence-corrected chi connectivity index (χ0v) is 28.2. The highest BCUT2D eigenvalue weighted by Gasteiger charge is 2.36. The Bertz CT molecular complexity index is 1820. The number of amides is 2. The van der Waals surface area contributed by atoms with Crippen LogP contribution in [0.15, 0.2) is 102 Å². The predicted octanol–water partition coefficient (Wildman–Crippen LogP) is 7.34. The lowest BCUT2D eigenvalue weighted by molar-refractivity contribution is -0.140. The largest absolute Gasteiger partial charge is 0.352 e. The third kappa shape index (κ3) is 8.52. The monoisotopic (exact) mass is 695 g/mol. The summed E-state index contributed by atoms with van der Waals surface area (Å²) in [4.78, 5) is 29.9. The summed E-state index contributed by atoms with van der Waals surface area (Å²) in [5.41, 5.74) is 1.94. The second-order valence-electron chi connectivity index (χ2n) is 11.7. The van der Waals surface area contributed by atoms with Crippen molar-refractivity contribution in [2.45, 2.75) is 62.6 Å². The summed E-state index contributed by atoms with van der Waals surface area (Å²) in [5, 5.41) is 3.71. The fraction of sp³-hybridized carbons (Fsp3) is 0.278. The highest BCUT2D eigenvalue weighted by molar-refractivity contribution is 7.92. The summed E-state index contributed by atoms with van der Waals surface area (Å²) in [5.74, 6) is -1.86. The topological polar surface area (TPSA) is 86.8 Å². The molecule has 1 saturated carbocycles. The smallest absolute Gasteiger partial charge is 0.264 e. The van der Waals surface area contributed by atoms with Crippen LogP contribution in [-0.4, -0.2) is 43.8 Å². The Morgan fingerprint density at radius 3 is 2.19 bits per heavy atom. The molecule has 0 aliphatic heterocycles. The van der Waals surface area contributed by atoms with E-state index in [0.29, 0.717) is 10.6 Å². The van der Waals surface area contributed by atoms with Gasteiger partial charge in [-0.1, -0.05) is 102 Å². The number of carbonyl (C=O) groups excluding carboxylic acids is 2. The molecule has 4 aromatic rings. The van der Waals surface area contributed by atoms with E-state index in [1.54, 1.807) is 30.3 Å². The summed E-state index contributed by atoms with van der Waals surface area (Å²) < 4.78 is 44.3. The molecule has 1 N–H and O–H groups in total. The highest BCUT2D eigenvalue weighted by atomic mass is 35.5. The zero-order valence-electron chi connectivity index (χ0n) is 25.9. The Morgan fingerprint density at radius 2 is 1.53 bits per heavy atom. The molecule has 0 bridgehead atoms. The number of nitrogens with one attached hydrogen (secondary N) is 1. The van der Waals surface area contributed by atoms with Crippen molar-refractivity contribution in [3.63, 3.8) is 0 Å². The van der Waals surface area contributed by atoms with Gasteiger partial charge in [0.15, 0.2) is 0 Å². The van der Waals surface area contributed by atoms with Crippen molar-refractivity contribution in [3.8, 4) is 0 Å². The van der Waals surface area contributed by atoms with Crippen LogP contribution in [-0.2, 0) is 32.6 Å². The van der Waals surface area contributed by atoms with Gasteiger partial charge in [0, 0.05) is 19.0 Å². The molecule has 1 aliphatic rings. The van der Waals surface area contributed by atoms with Gasteiger partial charge in [0.2, 0.25) is 11.8 Å². The first kappa shape index (κ1) is 34.4. The van der Waals surface area contributed by atoms with Gasteiger partial charge in [0.1, 0.15) is 18.4 Å². The third-order valence-corrected chi connectivity index (χ3v) is 10.8. The number of halogens is 3. The molecule has 5 rings (SSSR count). The molecular formula is C36H36Cl2FN3O4S. The summed E-state index contributed by atoms with van der Waals surface area (Å²) >= 11 is 12.5. The van der Waals surface area contributed by atoms with Crippen LogP contribution in [0.2, 0.25) is 10.0 Å². The zero-order chi connectivity index (χ0) is 33.6. The van der Waals surface area contributed by atoms with Crippen LogP contribution in [0, 0.1) is 12.7 Å². The standard InChI is InChI=1S/C36H36Cl2FN3O4S/c1-25-15-18-29(19-16-25)47(45,46)42(33-14-8-7-13-32(33)39)24-35(43)41(23-27-17-20-30(37)31(38)21-27)34(22-26-9-3-2-4-10-26)36(44)40-28-11-5-6-12-28/h2-4,7-10,13-21,28,34H,5-6,11-12,22-24H2,1H3,(H,40,44). The predicted molar refractivity (Wildman–Crippen MR) is 183 cm³/mol. The number of rotatable bonds is 12. The van der Waals surface area contributed by atoms with E-state index in [2.05, 4.69) is 5.32 Å². The molecule has 7 nitrogen and oxygen atoms in total. The molecule has 2 amide bonds. The van der Waals surface area contributed by atoms with Crippen LogP contribution in [0.5, 0.6) is 0 Å². The van der Waals surface area contributed by atoms with Gasteiger partial charge < -0.3 is 10.2 Å². The molecule has 4 aromatic carbocycles. The first-order valence-corrected chi connectivity index (χ1v) is 17.6. The lowest BCUT2D eigenvalue weighted by Gasteiger charge is -2.34. The minimum Gasteiger partial charge on any atom is -0.352 e. The number of hydrogen-bond acceptors (Lipinski definition) is 4. The lowest BCUT2D eigenvalue weighted by Crippen LogP contribution is -2.54. The van der Waals surface area contributed by atoms with Crippen molar-refractivity contribution in [2.24, 2.45) is 0 Å². The van der Waals surface area contributed by atoms with Gasteiger partial charge in [-0.25, -0.2) is 12.8 Å². The van der Waals surface area contributed by atoms with Gasteiger partial charge in [-0.05, 0) is 67.3 Å². The van der Waals surface area contributed by atoms with Gasteiger partial charge in [-0.15, -0.1) is 0 Å². The van der Waals surface area contributed by atoms with Crippen LogP contribution < -0.4 is 9.62 Å². The minimum absolute atomic E-state index is 0.0282. The fourth-order valence-electron chi connectivity index (χ4n) is 5.76. The minimum atomic E-state index is -4.42. The van der Waals surface area contributed by atoms with Crippen molar-refractivity contribution in [2.75, 3.05) is 10.8 Å². The Kier molecular flexibility index (Phi) is 11.2. The van der Waals surface area contributed by atoms with E-state index < -0.39 is 34.3 Å². The van der Waals surface area contributed by atoms with E-state index in [-0.39, 0.29) is 40.5 Å². The maximum atomic E-state index is 15.3. The number of anilines is 1. The number of nitrogens with zero attached hydrogens (tertiary/aromatic N) is 2. The molecule has 0 aromatic heterocycles. The average Bonchev–Trinajstić information content (AvgIpc) is 3.57. The van der Waals surface area contributed by atoms with Gasteiger partial charge >= 0.3 is 0 Å². The van der Waals surface area contributed by atoms with Crippen LogP contribution in [0.25, 0.3) is 0 Å². The van der Waals surface area contributed by atoms with Crippen molar-refractivity contribution >= 4 is 50.7 Å². The van der Waals surface area contributed by atoms with Crippen molar-refractivity contribution in [1.29, 1.82) is 0 Å². The maximum absolute atomic E-state index is 15.3. The van der Waals surface area contributed by atoms with Crippen LogP contribution in [0.1, 0.15) is 42.4 Å². The van der Waals surface area contributed by atoms with Gasteiger partial charge in [0.25, 0.3) is 10.0 Å². The Balaban J connectivity index is 1.58. The molecule has 47 heavy (non-hydrogen) atoms. The van der Waals surface area contributed by atoms with Crippen molar-refractivity contribution < 1.29 is 22.4 Å². The van der Waals surface area contributed by atoms with Gasteiger partial charge in [-0.3, -0.25) is 13.9 Å². The number of benzene rings is 4. The second-order valence-corrected chi connectivity index (χ2v) is 14.4. The highest BCUT2D eigenvalue weighted by Crippen LogP contribution is 2.29. The number of aryl methyl sites for hydroxylation is 1. The lowest BCUT2D eigenvalue weighted by atomic mass is 10.0. The van der Waals surface area contributed by atoms with E-state index in [1.165, 1.54) is 35.2 Å². The van der Waals surface area contributed by atoms with E-state index >= 15 is 4.39 Å². The SMILES string of the molecule is Cc1ccc(S(=O)(=O)N(CC(=O)N(Cc2ccc(Cl)c(Cl)c2)C(Cc2ccccc2)C(=O)NC2CCCC2)c2ccccc2F)cc1. The normalized spacial score (nSPS) is 14.0. The Hall–Kier alpha value is -3.92.